The van der Waals surface area contributed by atoms with Gasteiger partial charge in [0.15, 0.2) is 17.8 Å². The molecule has 0 aromatic heterocycles. The van der Waals surface area contributed by atoms with Gasteiger partial charge in [0.25, 0.3) is 0 Å². The van der Waals surface area contributed by atoms with Gasteiger partial charge in [0.1, 0.15) is 0 Å². The van der Waals surface area contributed by atoms with Crippen LogP contribution in [0.2, 0.25) is 0 Å². The van der Waals surface area contributed by atoms with Crippen LogP contribution in [-0.4, -0.2) is 20.5 Å². The average Bonchev–Trinajstić information content (AvgIpc) is 2.27. The molecule has 0 bridgehead atoms. The van der Waals surface area contributed by atoms with Gasteiger partial charge in [0, 0.05) is 0 Å². The predicted octanol–water partition coefficient (Wildman–Crippen LogP) is 2.22. The first kappa shape index (κ1) is 11.5. The first-order valence-corrected chi connectivity index (χ1v) is 4.58. The van der Waals surface area contributed by atoms with Crippen LogP contribution in [0.1, 0.15) is 22.8 Å². The van der Waals surface area contributed by atoms with E-state index in [1.807, 2.05) is 6.92 Å². The lowest BCUT2D eigenvalue weighted by atomic mass is 10.1. The summed E-state index contributed by atoms with van der Waals surface area (Å²) < 4.78 is 23.5. The molecule has 1 rings (SSSR count). The summed E-state index contributed by atoms with van der Waals surface area (Å²) in [5.74, 6) is -0.555. The molecule has 0 aliphatic heterocycles. The van der Waals surface area contributed by atoms with Gasteiger partial charge in [0.05, 0.1) is 19.8 Å². The number of rotatable bonds is 4. The van der Waals surface area contributed by atoms with E-state index in [0.29, 0.717) is 18.3 Å². The average molecular weight is 212 g/mol. The van der Waals surface area contributed by atoms with E-state index in [1.165, 1.54) is 14.2 Å². The normalized spacial score (nSPS) is 9.87. The number of aryl methyl sites for hydroxylation is 1. The molecule has 82 valence electrons. The molecule has 0 amide bonds. The van der Waals surface area contributed by atoms with Gasteiger partial charge in [-0.05, 0) is 18.1 Å². The zero-order chi connectivity index (χ0) is 11.4. The Balaban J connectivity index is 3.48. The van der Waals surface area contributed by atoms with E-state index in [2.05, 4.69) is 0 Å². The maximum absolute atomic E-state index is 13.8. The summed E-state index contributed by atoms with van der Waals surface area (Å²) in [6.07, 6.45) is 1.16. The zero-order valence-electron chi connectivity index (χ0n) is 8.96. The molecule has 0 aliphatic rings. The van der Waals surface area contributed by atoms with Crippen molar-refractivity contribution in [2.45, 2.75) is 13.3 Å². The number of carbonyl (C=O) groups is 1. The second-order valence-electron chi connectivity index (χ2n) is 2.98. The summed E-state index contributed by atoms with van der Waals surface area (Å²) >= 11 is 0. The Kier molecular flexibility index (Phi) is 3.66. The second-order valence-corrected chi connectivity index (χ2v) is 2.98. The van der Waals surface area contributed by atoms with Crippen LogP contribution in [0.3, 0.4) is 0 Å². The summed E-state index contributed by atoms with van der Waals surface area (Å²) in [5, 5.41) is 0. The highest BCUT2D eigenvalue weighted by molar-refractivity contribution is 5.80. The van der Waals surface area contributed by atoms with E-state index >= 15 is 0 Å². The van der Waals surface area contributed by atoms with Crippen LogP contribution in [0.15, 0.2) is 6.07 Å². The molecule has 0 aliphatic carbocycles. The van der Waals surface area contributed by atoms with Crippen LogP contribution in [0.4, 0.5) is 4.39 Å². The lowest BCUT2D eigenvalue weighted by Crippen LogP contribution is -2.01. The molecule has 0 fully saturated rings. The number of halogens is 1. The molecule has 0 unspecified atom stereocenters. The first-order chi connectivity index (χ1) is 7.19. The molecule has 0 radical (unpaired) electrons. The van der Waals surface area contributed by atoms with E-state index in [-0.39, 0.29) is 17.1 Å². The van der Waals surface area contributed by atoms with Gasteiger partial charge in [-0.3, -0.25) is 4.79 Å². The van der Waals surface area contributed by atoms with Crippen LogP contribution >= 0.6 is 0 Å². The molecule has 0 atom stereocenters. The van der Waals surface area contributed by atoms with Crippen LogP contribution in [0.5, 0.6) is 11.5 Å². The highest BCUT2D eigenvalue weighted by Gasteiger charge is 2.18. The van der Waals surface area contributed by atoms with Crippen LogP contribution in [0.25, 0.3) is 0 Å². The summed E-state index contributed by atoms with van der Waals surface area (Å²) in [6.45, 7) is 1.86. The second kappa shape index (κ2) is 4.77. The minimum atomic E-state index is -0.624. The van der Waals surface area contributed by atoms with Crippen LogP contribution in [-0.2, 0) is 6.42 Å². The molecule has 0 saturated carbocycles. The van der Waals surface area contributed by atoms with E-state index < -0.39 is 5.82 Å². The number of hydrogen-bond acceptors (Lipinski definition) is 3. The summed E-state index contributed by atoms with van der Waals surface area (Å²) in [7, 11) is 2.70. The van der Waals surface area contributed by atoms with E-state index in [4.69, 9.17) is 9.47 Å². The molecule has 15 heavy (non-hydrogen) atoms. The number of methoxy groups -OCH3 is 2. The Labute approximate surface area is 87.8 Å². The van der Waals surface area contributed by atoms with Crippen LogP contribution < -0.4 is 9.47 Å². The van der Waals surface area contributed by atoms with Crippen molar-refractivity contribution in [1.82, 2.24) is 0 Å². The standard InChI is InChI=1S/C11H13FO3/c1-4-7-5-8(6-13)11(15-3)9(12)10(7)14-2/h5-6H,4H2,1-3H3. The number of hydrogen-bond donors (Lipinski definition) is 0. The smallest absolute Gasteiger partial charge is 0.207 e. The third kappa shape index (κ3) is 1.93. The molecule has 0 spiro atoms. The third-order valence-electron chi connectivity index (χ3n) is 2.20. The van der Waals surface area contributed by atoms with Crippen molar-refractivity contribution < 1.29 is 18.7 Å². The molecule has 1 aromatic carbocycles. The van der Waals surface area contributed by atoms with E-state index in [1.54, 1.807) is 6.07 Å². The fourth-order valence-corrected chi connectivity index (χ4v) is 1.47. The zero-order valence-corrected chi connectivity index (χ0v) is 8.96. The van der Waals surface area contributed by atoms with Gasteiger partial charge in [-0.2, -0.15) is 4.39 Å². The van der Waals surface area contributed by atoms with Gasteiger partial charge < -0.3 is 9.47 Å². The van der Waals surface area contributed by atoms with Crippen LogP contribution in [0, 0.1) is 5.82 Å². The predicted molar refractivity (Wildman–Crippen MR) is 54.3 cm³/mol. The fourth-order valence-electron chi connectivity index (χ4n) is 1.47. The largest absolute Gasteiger partial charge is 0.493 e. The molecule has 0 N–H and O–H groups in total. The minimum absolute atomic E-state index is 0.0703. The van der Waals surface area contributed by atoms with Crippen molar-refractivity contribution in [2.75, 3.05) is 14.2 Å². The summed E-state index contributed by atoms with van der Waals surface area (Å²) in [6, 6.07) is 1.58. The van der Waals surface area contributed by atoms with Crippen molar-refractivity contribution in [3.63, 3.8) is 0 Å². The van der Waals surface area contributed by atoms with Crippen molar-refractivity contribution in [3.8, 4) is 11.5 Å². The fraction of sp³-hybridized carbons (Fsp3) is 0.364. The quantitative estimate of drug-likeness (QED) is 0.718. The highest BCUT2D eigenvalue weighted by Crippen LogP contribution is 2.33. The Morgan fingerprint density at radius 2 is 1.93 bits per heavy atom. The van der Waals surface area contributed by atoms with Gasteiger partial charge in [-0.25, -0.2) is 0 Å². The van der Waals surface area contributed by atoms with Gasteiger partial charge in [0.2, 0.25) is 5.82 Å². The SMILES string of the molecule is CCc1cc(C=O)c(OC)c(F)c1OC. The number of carbonyl (C=O) groups excluding carboxylic acids is 1. The Hall–Kier alpha value is -1.58. The maximum atomic E-state index is 13.8. The lowest BCUT2D eigenvalue weighted by molar-refractivity contribution is 0.111. The molecular formula is C11H13FO3. The minimum Gasteiger partial charge on any atom is -0.493 e. The number of aldehydes is 1. The molecule has 0 heterocycles. The summed E-state index contributed by atoms with van der Waals surface area (Å²) in [5.41, 5.74) is 0.852. The molecule has 1 aromatic rings. The van der Waals surface area contributed by atoms with E-state index in [9.17, 15) is 9.18 Å². The third-order valence-corrected chi connectivity index (χ3v) is 2.20. The molecule has 3 nitrogen and oxygen atoms in total. The molecule has 4 heteroatoms. The topological polar surface area (TPSA) is 35.5 Å². The maximum Gasteiger partial charge on any atom is 0.207 e. The van der Waals surface area contributed by atoms with E-state index in [0.717, 1.165) is 0 Å². The van der Waals surface area contributed by atoms with Crippen molar-refractivity contribution >= 4 is 6.29 Å². The van der Waals surface area contributed by atoms with Crippen molar-refractivity contribution in [1.29, 1.82) is 0 Å². The van der Waals surface area contributed by atoms with Gasteiger partial charge >= 0.3 is 0 Å². The Bertz CT molecular complexity index is 375. The summed E-state index contributed by atoms with van der Waals surface area (Å²) in [4.78, 5) is 10.7. The lowest BCUT2D eigenvalue weighted by Gasteiger charge is -2.12. The molecule has 0 saturated heterocycles. The van der Waals surface area contributed by atoms with Gasteiger partial charge in [-0.15, -0.1) is 0 Å². The Morgan fingerprint density at radius 3 is 2.33 bits per heavy atom. The first-order valence-electron chi connectivity index (χ1n) is 4.58. The number of benzene rings is 1. The van der Waals surface area contributed by atoms with Crippen molar-refractivity contribution in [3.05, 3.63) is 23.0 Å². The van der Waals surface area contributed by atoms with Gasteiger partial charge in [-0.1, -0.05) is 6.92 Å². The monoisotopic (exact) mass is 212 g/mol. The highest BCUT2D eigenvalue weighted by atomic mass is 19.1. The molecular weight excluding hydrogens is 199 g/mol. The number of ether oxygens (including phenoxy) is 2. The Morgan fingerprint density at radius 1 is 1.33 bits per heavy atom. The van der Waals surface area contributed by atoms with Crippen molar-refractivity contribution in [2.24, 2.45) is 0 Å².